The van der Waals surface area contributed by atoms with Crippen LogP contribution in [0, 0.1) is 10.1 Å². The summed E-state index contributed by atoms with van der Waals surface area (Å²) in [6.45, 7) is 0. The Bertz CT molecular complexity index is 1210. The molecule has 1 heterocycles. The van der Waals surface area contributed by atoms with Crippen LogP contribution in [0.4, 0.5) is 5.69 Å². The van der Waals surface area contributed by atoms with E-state index in [1.807, 2.05) is 4.72 Å². The van der Waals surface area contributed by atoms with E-state index in [0.29, 0.717) is 20.1 Å². The normalized spacial score (nSPS) is 13.9. The molecular weight excluding hydrogens is 486 g/mol. The van der Waals surface area contributed by atoms with Crippen molar-refractivity contribution in [2.75, 3.05) is 6.29 Å². The molecule has 2 aromatic carbocycles. The molecule has 0 bridgehead atoms. The predicted octanol–water partition coefficient (Wildman–Crippen LogP) is 3.98. The zero-order valence-electron chi connectivity index (χ0n) is 14.1. The van der Waals surface area contributed by atoms with E-state index < -0.39 is 28.8 Å². The van der Waals surface area contributed by atoms with Crippen LogP contribution >= 0.6 is 42.1 Å². The van der Waals surface area contributed by atoms with Crippen LogP contribution in [0.25, 0.3) is 10.1 Å². The number of sulfonamides is 1. The molecule has 3 aromatic rings. The first-order valence-corrected chi connectivity index (χ1v) is 12.4. The van der Waals surface area contributed by atoms with Gasteiger partial charge in [-0.3, -0.25) is 14.7 Å². The minimum absolute atomic E-state index is 0.169. The molecule has 29 heavy (non-hydrogen) atoms. The van der Waals surface area contributed by atoms with Gasteiger partial charge in [0.2, 0.25) is 0 Å². The first-order chi connectivity index (χ1) is 13.5. The molecule has 0 aliphatic carbocycles. The van der Waals surface area contributed by atoms with E-state index in [1.54, 1.807) is 0 Å². The minimum Gasteiger partial charge on any atom is -0.768 e. The molecule has 0 amide bonds. The monoisotopic (exact) mass is 495 g/mol. The number of non-ortho nitro benzene ring substituents is 1. The first-order valence-electron chi connectivity index (χ1n) is 7.60. The Hall–Kier alpha value is -1.72. The van der Waals surface area contributed by atoms with Crippen molar-refractivity contribution in [2.45, 2.75) is 4.21 Å². The molecule has 0 aliphatic heterocycles. The summed E-state index contributed by atoms with van der Waals surface area (Å²) in [6.07, 6.45) is -1.03. The summed E-state index contributed by atoms with van der Waals surface area (Å²) in [7, 11) is -8.87. The molecule has 0 saturated carbocycles. The highest BCUT2D eigenvalue weighted by Crippen LogP contribution is 2.40. The van der Waals surface area contributed by atoms with Crippen LogP contribution in [0.2, 0.25) is 10.0 Å². The number of fused-ring (bicyclic) bond motifs is 1. The number of hydrogen-bond donors (Lipinski definition) is 1. The third-order valence-electron chi connectivity index (χ3n) is 3.56. The summed E-state index contributed by atoms with van der Waals surface area (Å²) in [5.74, 6) is -0.187. The molecule has 1 unspecified atom stereocenters. The summed E-state index contributed by atoms with van der Waals surface area (Å²) >= 11 is 12.9. The molecule has 0 spiro atoms. The largest absolute Gasteiger partial charge is 0.768 e. The third-order valence-corrected chi connectivity index (χ3v) is 8.61. The average Bonchev–Trinajstić information content (AvgIpc) is 3.11. The zero-order valence-corrected chi connectivity index (χ0v) is 18.1. The second kappa shape index (κ2) is 8.19. The lowest BCUT2D eigenvalue weighted by Gasteiger charge is -2.24. The molecular formula is C15H10Cl2N2O7PS2-. The topological polar surface area (TPSA) is 139 Å². The fraction of sp³-hybridized carbons (Fsp3) is 0.0667. The number of nitro groups is 1. The lowest BCUT2D eigenvalue weighted by molar-refractivity contribution is -0.384. The lowest BCUT2D eigenvalue weighted by Crippen LogP contribution is -2.28. The number of benzene rings is 2. The van der Waals surface area contributed by atoms with Gasteiger partial charge < -0.3 is 9.42 Å². The van der Waals surface area contributed by atoms with Gasteiger partial charge in [-0.2, -0.15) is 0 Å². The predicted molar refractivity (Wildman–Crippen MR) is 108 cm³/mol. The number of rotatable bonds is 7. The van der Waals surface area contributed by atoms with Crippen molar-refractivity contribution in [3.8, 4) is 5.75 Å². The Labute approximate surface area is 178 Å². The van der Waals surface area contributed by atoms with Gasteiger partial charge in [-0.05, 0) is 30.3 Å². The smallest absolute Gasteiger partial charge is 0.269 e. The van der Waals surface area contributed by atoms with E-state index in [-0.39, 0.29) is 15.6 Å². The Morgan fingerprint density at radius 3 is 2.34 bits per heavy atom. The second-order valence-electron chi connectivity index (χ2n) is 5.60. The SMILES string of the molecule is O=[N+]([O-])c1ccc(OP(=O)([O-])CNS(=O)(=O)c2cc3c(Cl)ccc(Cl)c3s2)cc1. The van der Waals surface area contributed by atoms with Crippen LogP contribution in [0.1, 0.15) is 0 Å². The van der Waals surface area contributed by atoms with Crippen molar-refractivity contribution in [1.29, 1.82) is 0 Å². The minimum atomic E-state index is -4.68. The summed E-state index contributed by atoms with van der Waals surface area (Å²) in [4.78, 5) is 22.0. The van der Waals surface area contributed by atoms with Crippen LogP contribution in [0.5, 0.6) is 5.75 Å². The first kappa shape index (κ1) is 22.0. The Morgan fingerprint density at radius 1 is 1.14 bits per heavy atom. The van der Waals surface area contributed by atoms with Gasteiger partial charge in [0, 0.05) is 22.5 Å². The van der Waals surface area contributed by atoms with Gasteiger partial charge in [-0.1, -0.05) is 23.2 Å². The van der Waals surface area contributed by atoms with Gasteiger partial charge in [-0.25, -0.2) is 13.1 Å². The maximum atomic E-state index is 12.5. The molecule has 0 radical (unpaired) electrons. The Balaban J connectivity index is 1.75. The summed E-state index contributed by atoms with van der Waals surface area (Å²) in [5, 5.41) is 11.7. The number of nitro benzene ring substituents is 1. The van der Waals surface area contributed by atoms with Gasteiger partial charge in [0.1, 0.15) is 9.96 Å². The van der Waals surface area contributed by atoms with Crippen LogP contribution in [0.15, 0.2) is 46.7 Å². The van der Waals surface area contributed by atoms with Gasteiger partial charge >= 0.3 is 0 Å². The van der Waals surface area contributed by atoms with Crippen molar-refractivity contribution in [3.05, 3.63) is 62.6 Å². The average molecular weight is 496 g/mol. The molecule has 3 rings (SSSR count). The highest BCUT2D eigenvalue weighted by molar-refractivity contribution is 7.92. The van der Waals surface area contributed by atoms with Crippen molar-refractivity contribution in [2.24, 2.45) is 0 Å². The number of nitrogens with zero attached hydrogens (tertiary/aromatic N) is 1. The Kier molecular flexibility index (Phi) is 6.21. The van der Waals surface area contributed by atoms with E-state index in [9.17, 15) is 28.0 Å². The summed E-state index contributed by atoms with van der Waals surface area (Å²) in [6, 6.07) is 8.64. The molecule has 0 aliphatic rings. The Morgan fingerprint density at radius 2 is 1.76 bits per heavy atom. The number of hydrogen-bond acceptors (Lipinski definition) is 8. The second-order valence-corrected chi connectivity index (χ2v) is 11.2. The van der Waals surface area contributed by atoms with Crippen molar-refractivity contribution in [1.82, 2.24) is 4.72 Å². The van der Waals surface area contributed by atoms with E-state index in [4.69, 9.17) is 27.7 Å². The summed E-state index contributed by atoms with van der Waals surface area (Å²) < 4.78 is 44.0. The maximum Gasteiger partial charge on any atom is 0.269 e. The van der Waals surface area contributed by atoms with Crippen LogP contribution in [-0.4, -0.2) is 19.6 Å². The number of halogens is 2. The fourth-order valence-electron chi connectivity index (χ4n) is 2.22. The molecule has 1 N–H and O–H groups in total. The quantitative estimate of drug-likeness (QED) is 0.297. The van der Waals surface area contributed by atoms with Crippen molar-refractivity contribution < 1.29 is 27.3 Å². The molecule has 1 aromatic heterocycles. The van der Waals surface area contributed by atoms with Crippen molar-refractivity contribution in [3.63, 3.8) is 0 Å². The van der Waals surface area contributed by atoms with Crippen LogP contribution in [0.3, 0.4) is 0 Å². The van der Waals surface area contributed by atoms with Crippen molar-refractivity contribution >= 4 is 67.9 Å². The highest BCUT2D eigenvalue weighted by Gasteiger charge is 2.22. The standard InChI is InChI=1S/C15H11Cl2N2O7PS2/c16-12-5-6-13(17)15-11(12)7-14(28-15)29(24,25)18-8-27(22,23)26-10-3-1-9(2-4-10)19(20)21/h1-7,18H,8H2,(H,22,23)/p-1. The lowest BCUT2D eigenvalue weighted by atomic mass is 10.3. The van der Waals surface area contributed by atoms with E-state index in [1.165, 1.54) is 18.2 Å². The molecule has 0 saturated heterocycles. The van der Waals surface area contributed by atoms with Gasteiger partial charge in [-0.15, -0.1) is 11.3 Å². The molecule has 9 nitrogen and oxygen atoms in total. The van der Waals surface area contributed by atoms with Crippen LogP contribution < -0.4 is 14.1 Å². The van der Waals surface area contributed by atoms with E-state index >= 15 is 0 Å². The zero-order chi connectivity index (χ0) is 21.4. The molecule has 1 atom stereocenters. The van der Waals surface area contributed by atoms with Gasteiger partial charge in [0.25, 0.3) is 15.7 Å². The van der Waals surface area contributed by atoms with Gasteiger partial charge in [0.15, 0.2) is 7.60 Å². The highest BCUT2D eigenvalue weighted by atomic mass is 35.5. The molecule has 14 heteroatoms. The summed E-state index contributed by atoms with van der Waals surface area (Å²) in [5.41, 5.74) is -0.249. The van der Waals surface area contributed by atoms with E-state index in [2.05, 4.69) is 0 Å². The molecule has 0 fully saturated rings. The van der Waals surface area contributed by atoms with E-state index in [0.717, 1.165) is 35.6 Å². The van der Waals surface area contributed by atoms with Crippen LogP contribution in [-0.2, 0) is 14.6 Å². The molecule has 154 valence electrons. The maximum absolute atomic E-state index is 12.5. The number of nitrogens with one attached hydrogen (secondary N) is 1. The fourth-order valence-corrected chi connectivity index (χ4v) is 6.70. The van der Waals surface area contributed by atoms with Gasteiger partial charge in [0.05, 0.1) is 20.9 Å². The number of thiophene rings is 1. The third kappa shape index (κ3) is 5.07.